The summed E-state index contributed by atoms with van der Waals surface area (Å²) in [4.78, 5) is 19.0. The van der Waals surface area contributed by atoms with Crippen LogP contribution in [0.4, 0.5) is 0 Å². The van der Waals surface area contributed by atoms with Crippen LogP contribution in [0.25, 0.3) is 11.4 Å². The smallest absolute Gasteiger partial charge is 0.307 e. The van der Waals surface area contributed by atoms with Crippen LogP contribution in [0.15, 0.2) is 34.9 Å². The van der Waals surface area contributed by atoms with Gasteiger partial charge in [-0.05, 0) is 47.9 Å². The molecule has 2 aromatic carbocycles. The van der Waals surface area contributed by atoms with Crippen molar-refractivity contribution in [3.8, 4) is 34.4 Å². The standard InChI is InChI=1S/C25H29N3O7/c1-30-19-7-6-16(11-20(19)31-2)25-26-23(35-27-25)14-28-9-8-15-10-21(32-3)22(33-4)12-17(15)18(28)13-24(29)34-5/h6-7,10-12,18H,8-9,13-14H2,1-5H3/t18-/m1/s1. The first kappa shape index (κ1) is 24.3. The Kier molecular flexibility index (Phi) is 7.40. The van der Waals surface area contributed by atoms with Crippen molar-refractivity contribution in [1.29, 1.82) is 0 Å². The second-order valence-electron chi connectivity index (χ2n) is 8.00. The number of carbonyl (C=O) groups excluding carboxylic acids is 1. The molecule has 0 spiro atoms. The molecule has 186 valence electrons. The predicted octanol–water partition coefficient (Wildman–Crippen LogP) is 3.43. The Labute approximate surface area is 203 Å². The Morgan fingerprint density at radius 2 is 1.66 bits per heavy atom. The second kappa shape index (κ2) is 10.6. The molecule has 0 radical (unpaired) electrons. The molecule has 0 bridgehead atoms. The maximum Gasteiger partial charge on any atom is 0.307 e. The molecule has 3 aromatic rings. The zero-order valence-corrected chi connectivity index (χ0v) is 20.5. The van der Waals surface area contributed by atoms with Crippen LogP contribution in [-0.2, 0) is 22.5 Å². The number of nitrogens with zero attached hydrogens (tertiary/aromatic N) is 3. The first-order valence-electron chi connectivity index (χ1n) is 11.1. The van der Waals surface area contributed by atoms with Crippen LogP contribution < -0.4 is 18.9 Å². The van der Waals surface area contributed by atoms with Gasteiger partial charge in [-0.2, -0.15) is 4.98 Å². The van der Waals surface area contributed by atoms with Gasteiger partial charge in [0, 0.05) is 18.2 Å². The van der Waals surface area contributed by atoms with Gasteiger partial charge in [-0.1, -0.05) is 5.16 Å². The highest BCUT2D eigenvalue weighted by molar-refractivity contribution is 5.70. The second-order valence-corrected chi connectivity index (χ2v) is 8.00. The number of hydrogen-bond donors (Lipinski definition) is 0. The van der Waals surface area contributed by atoms with E-state index in [0.29, 0.717) is 47.8 Å². The third-order valence-electron chi connectivity index (χ3n) is 6.15. The van der Waals surface area contributed by atoms with Crippen molar-refractivity contribution in [2.24, 2.45) is 0 Å². The molecule has 0 saturated heterocycles. The minimum atomic E-state index is -0.306. The Morgan fingerprint density at radius 1 is 0.971 bits per heavy atom. The van der Waals surface area contributed by atoms with Gasteiger partial charge in [0.1, 0.15) is 0 Å². The first-order chi connectivity index (χ1) is 17.0. The van der Waals surface area contributed by atoms with Crippen molar-refractivity contribution in [2.75, 3.05) is 42.1 Å². The monoisotopic (exact) mass is 483 g/mol. The predicted molar refractivity (Wildman–Crippen MR) is 126 cm³/mol. The summed E-state index contributed by atoms with van der Waals surface area (Å²) < 4.78 is 32.2. The van der Waals surface area contributed by atoms with Crippen molar-refractivity contribution in [3.05, 3.63) is 47.3 Å². The Balaban J connectivity index is 1.61. The summed E-state index contributed by atoms with van der Waals surface area (Å²) >= 11 is 0. The van der Waals surface area contributed by atoms with Gasteiger partial charge in [0.2, 0.25) is 11.7 Å². The zero-order valence-electron chi connectivity index (χ0n) is 20.5. The van der Waals surface area contributed by atoms with E-state index in [1.54, 1.807) is 40.6 Å². The Hall–Kier alpha value is -3.79. The molecule has 1 aromatic heterocycles. The van der Waals surface area contributed by atoms with E-state index >= 15 is 0 Å². The van der Waals surface area contributed by atoms with E-state index in [1.807, 2.05) is 18.2 Å². The summed E-state index contributed by atoms with van der Waals surface area (Å²) in [6.45, 7) is 1.06. The van der Waals surface area contributed by atoms with Crippen molar-refractivity contribution < 1.29 is 33.0 Å². The van der Waals surface area contributed by atoms with Crippen molar-refractivity contribution in [2.45, 2.75) is 25.4 Å². The molecule has 2 heterocycles. The fourth-order valence-electron chi connectivity index (χ4n) is 4.34. The molecular formula is C25H29N3O7. The van der Waals surface area contributed by atoms with E-state index in [9.17, 15) is 4.79 Å². The van der Waals surface area contributed by atoms with Gasteiger partial charge >= 0.3 is 5.97 Å². The minimum absolute atomic E-state index is 0.176. The van der Waals surface area contributed by atoms with E-state index in [-0.39, 0.29) is 18.4 Å². The van der Waals surface area contributed by atoms with E-state index in [1.165, 1.54) is 7.11 Å². The molecular weight excluding hydrogens is 454 g/mol. The van der Waals surface area contributed by atoms with Crippen LogP contribution >= 0.6 is 0 Å². The van der Waals surface area contributed by atoms with E-state index in [0.717, 1.165) is 23.1 Å². The van der Waals surface area contributed by atoms with Crippen LogP contribution in [0.5, 0.6) is 23.0 Å². The number of methoxy groups -OCH3 is 5. The van der Waals surface area contributed by atoms with Gasteiger partial charge in [-0.25, -0.2) is 0 Å². The van der Waals surface area contributed by atoms with Gasteiger partial charge in [0.05, 0.1) is 48.5 Å². The molecule has 0 aliphatic carbocycles. The number of esters is 1. The number of aromatic nitrogens is 2. The average Bonchev–Trinajstić information content (AvgIpc) is 3.37. The molecule has 10 nitrogen and oxygen atoms in total. The molecule has 10 heteroatoms. The molecule has 1 atom stereocenters. The van der Waals surface area contributed by atoms with Gasteiger partial charge in [0.15, 0.2) is 23.0 Å². The summed E-state index contributed by atoms with van der Waals surface area (Å²) in [6.07, 6.45) is 0.944. The van der Waals surface area contributed by atoms with Crippen molar-refractivity contribution in [3.63, 3.8) is 0 Å². The lowest BCUT2D eigenvalue weighted by Crippen LogP contribution is -2.36. The molecule has 0 fully saturated rings. The quantitative estimate of drug-likeness (QED) is 0.420. The number of rotatable bonds is 9. The lowest BCUT2D eigenvalue weighted by molar-refractivity contribution is -0.142. The van der Waals surface area contributed by atoms with Gasteiger partial charge in [0.25, 0.3) is 0 Å². The number of carbonyl (C=O) groups is 1. The lowest BCUT2D eigenvalue weighted by atomic mass is 9.90. The average molecular weight is 484 g/mol. The van der Waals surface area contributed by atoms with E-state index in [2.05, 4.69) is 15.0 Å². The zero-order chi connectivity index (χ0) is 24.9. The third-order valence-corrected chi connectivity index (χ3v) is 6.15. The molecule has 1 aliphatic heterocycles. The van der Waals surface area contributed by atoms with Crippen molar-refractivity contribution >= 4 is 5.97 Å². The number of ether oxygens (including phenoxy) is 5. The highest BCUT2D eigenvalue weighted by atomic mass is 16.5. The van der Waals surface area contributed by atoms with Crippen LogP contribution in [0.2, 0.25) is 0 Å². The summed E-state index contributed by atoms with van der Waals surface area (Å²) in [6, 6.07) is 9.08. The van der Waals surface area contributed by atoms with Gasteiger partial charge in [-0.15, -0.1) is 0 Å². The van der Waals surface area contributed by atoms with Gasteiger partial charge < -0.3 is 28.2 Å². The highest BCUT2D eigenvalue weighted by Gasteiger charge is 2.32. The number of fused-ring (bicyclic) bond motifs is 1. The SMILES string of the molecule is COC(=O)C[C@@H]1c2cc(OC)c(OC)cc2CCN1Cc1nc(-c2ccc(OC)c(OC)c2)no1. The molecule has 0 unspecified atom stereocenters. The van der Waals surface area contributed by atoms with Crippen LogP contribution in [0.3, 0.4) is 0 Å². The summed E-state index contributed by atoms with van der Waals surface area (Å²) in [5, 5.41) is 4.14. The van der Waals surface area contributed by atoms with Crippen LogP contribution in [-0.4, -0.2) is 63.1 Å². The molecule has 35 heavy (non-hydrogen) atoms. The van der Waals surface area contributed by atoms with E-state index in [4.69, 9.17) is 28.2 Å². The maximum absolute atomic E-state index is 12.3. The molecule has 1 aliphatic rings. The molecule has 0 amide bonds. The van der Waals surface area contributed by atoms with Crippen LogP contribution in [0, 0.1) is 0 Å². The topological polar surface area (TPSA) is 105 Å². The summed E-state index contributed by atoms with van der Waals surface area (Å²) in [5.74, 6) is 3.03. The fourth-order valence-corrected chi connectivity index (χ4v) is 4.34. The third kappa shape index (κ3) is 5.02. The van der Waals surface area contributed by atoms with Gasteiger partial charge in [-0.3, -0.25) is 9.69 Å². The largest absolute Gasteiger partial charge is 0.493 e. The summed E-state index contributed by atoms with van der Waals surface area (Å²) in [7, 11) is 7.74. The minimum Gasteiger partial charge on any atom is -0.493 e. The molecule has 4 rings (SSSR count). The van der Waals surface area contributed by atoms with Crippen LogP contribution in [0.1, 0.15) is 29.5 Å². The molecule has 0 N–H and O–H groups in total. The summed E-state index contributed by atoms with van der Waals surface area (Å²) in [5.41, 5.74) is 2.83. The van der Waals surface area contributed by atoms with E-state index < -0.39 is 0 Å². The highest BCUT2D eigenvalue weighted by Crippen LogP contribution is 2.40. The first-order valence-corrected chi connectivity index (χ1v) is 11.1. The normalized spacial score (nSPS) is 15.3. The van der Waals surface area contributed by atoms with Crippen molar-refractivity contribution in [1.82, 2.24) is 15.0 Å². The lowest BCUT2D eigenvalue weighted by Gasteiger charge is -2.36. The number of hydrogen-bond acceptors (Lipinski definition) is 10. The molecule has 0 saturated carbocycles. The Morgan fingerprint density at radius 3 is 2.34 bits per heavy atom. The fraction of sp³-hybridized carbons (Fsp3) is 0.400. The Bertz CT molecular complexity index is 1190. The number of benzene rings is 2. The maximum atomic E-state index is 12.3.